The van der Waals surface area contributed by atoms with Crippen LogP contribution in [0.25, 0.3) is 0 Å². The van der Waals surface area contributed by atoms with Gasteiger partial charge in [0, 0.05) is 19.2 Å². The van der Waals surface area contributed by atoms with Crippen LogP contribution in [0.2, 0.25) is 0 Å². The molecule has 2 rings (SSSR count). The van der Waals surface area contributed by atoms with Gasteiger partial charge >= 0.3 is 0 Å². The lowest BCUT2D eigenvalue weighted by molar-refractivity contribution is -0.140. The van der Waals surface area contributed by atoms with Gasteiger partial charge in [-0.2, -0.15) is 0 Å². The van der Waals surface area contributed by atoms with Crippen LogP contribution in [-0.2, 0) is 14.3 Å². The number of carbonyl (C=O) groups is 2. The van der Waals surface area contributed by atoms with Crippen LogP contribution in [0.1, 0.15) is 32.1 Å². The fraction of sp³-hybridized carbons (Fsp3) is 0.846. The Labute approximate surface area is 113 Å². The third-order valence-electron chi connectivity index (χ3n) is 3.80. The standard InChI is InChI=1S/C13H23N3O3/c14-12(17)9-16(10-4-5-15-8-10)13(18)7-11-3-1-2-6-19-11/h10-11,15H,1-9H2,(H2,14,17). The topological polar surface area (TPSA) is 84.7 Å². The fourth-order valence-electron chi connectivity index (χ4n) is 2.77. The molecule has 3 N–H and O–H groups in total. The van der Waals surface area contributed by atoms with Crippen molar-refractivity contribution >= 4 is 11.8 Å². The highest BCUT2D eigenvalue weighted by molar-refractivity contribution is 5.84. The van der Waals surface area contributed by atoms with E-state index >= 15 is 0 Å². The van der Waals surface area contributed by atoms with Crippen molar-refractivity contribution in [1.82, 2.24) is 10.2 Å². The van der Waals surface area contributed by atoms with Crippen molar-refractivity contribution in [2.45, 2.75) is 44.2 Å². The summed E-state index contributed by atoms with van der Waals surface area (Å²) in [6.07, 6.45) is 4.36. The number of hydrogen-bond acceptors (Lipinski definition) is 4. The van der Waals surface area contributed by atoms with Gasteiger partial charge in [-0.25, -0.2) is 0 Å². The predicted octanol–water partition coefficient (Wildman–Crippen LogP) is -0.379. The van der Waals surface area contributed by atoms with Crippen molar-refractivity contribution in [3.05, 3.63) is 0 Å². The zero-order chi connectivity index (χ0) is 13.7. The molecular weight excluding hydrogens is 246 g/mol. The second-order valence-corrected chi connectivity index (χ2v) is 5.33. The quantitative estimate of drug-likeness (QED) is 0.712. The molecule has 2 heterocycles. The van der Waals surface area contributed by atoms with Crippen LogP contribution < -0.4 is 11.1 Å². The lowest BCUT2D eigenvalue weighted by Gasteiger charge is -2.30. The Kier molecular flexibility index (Phi) is 5.15. The van der Waals surface area contributed by atoms with E-state index in [9.17, 15) is 9.59 Å². The molecule has 6 heteroatoms. The van der Waals surface area contributed by atoms with Crippen LogP contribution in [0.4, 0.5) is 0 Å². The average molecular weight is 269 g/mol. The largest absolute Gasteiger partial charge is 0.378 e. The van der Waals surface area contributed by atoms with E-state index in [1.807, 2.05) is 0 Å². The van der Waals surface area contributed by atoms with Gasteiger partial charge in [0.2, 0.25) is 11.8 Å². The zero-order valence-corrected chi connectivity index (χ0v) is 11.3. The summed E-state index contributed by atoms with van der Waals surface area (Å²) in [7, 11) is 0. The summed E-state index contributed by atoms with van der Waals surface area (Å²) in [5, 5.41) is 3.21. The van der Waals surface area contributed by atoms with Crippen LogP contribution in [0, 0.1) is 0 Å². The molecule has 2 fully saturated rings. The molecule has 2 amide bonds. The van der Waals surface area contributed by atoms with Crippen LogP contribution in [0.5, 0.6) is 0 Å². The normalized spacial score (nSPS) is 27.2. The van der Waals surface area contributed by atoms with Crippen LogP contribution in [0.3, 0.4) is 0 Å². The lowest BCUT2D eigenvalue weighted by Crippen LogP contribution is -2.47. The summed E-state index contributed by atoms with van der Waals surface area (Å²) in [6, 6.07) is 0.0867. The first-order chi connectivity index (χ1) is 9.16. The summed E-state index contributed by atoms with van der Waals surface area (Å²) >= 11 is 0. The molecule has 0 aromatic rings. The van der Waals surface area contributed by atoms with Gasteiger partial charge in [0.05, 0.1) is 19.1 Å². The highest BCUT2D eigenvalue weighted by Crippen LogP contribution is 2.18. The van der Waals surface area contributed by atoms with Gasteiger partial charge in [-0.05, 0) is 32.2 Å². The Hall–Kier alpha value is -1.14. The molecule has 2 aliphatic heterocycles. The van der Waals surface area contributed by atoms with Crippen molar-refractivity contribution in [2.24, 2.45) is 5.73 Å². The minimum absolute atomic E-state index is 0.00555. The summed E-state index contributed by atoms with van der Waals surface area (Å²) in [6.45, 7) is 2.37. The van der Waals surface area contributed by atoms with E-state index < -0.39 is 5.91 Å². The number of nitrogens with zero attached hydrogens (tertiary/aromatic N) is 1. The molecule has 0 radical (unpaired) electrons. The molecule has 2 unspecified atom stereocenters. The van der Waals surface area contributed by atoms with E-state index in [-0.39, 0.29) is 24.6 Å². The van der Waals surface area contributed by atoms with Gasteiger partial charge in [-0.1, -0.05) is 0 Å². The molecule has 0 spiro atoms. The van der Waals surface area contributed by atoms with Crippen LogP contribution >= 0.6 is 0 Å². The molecular formula is C13H23N3O3. The van der Waals surface area contributed by atoms with Crippen molar-refractivity contribution in [3.8, 4) is 0 Å². The van der Waals surface area contributed by atoms with Crippen LogP contribution in [-0.4, -0.2) is 55.1 Å². The minimum Gasteiger partial charge on any atom is -0.378 e. The number of primary amides is 1. The Morgan fingerprint density at radius 3 is 2.74 bits per heavy atom. The molecule has 0 aromatic heterocycles. The second kappa shape index (κ2) is 6.86. The number of hydrogen-bond donors (Lipinski definition) is 2. The maximum Gasteiger partial charge on any atom is 0.237 e. The molecule has 0 bridgehead atoms. The van der Waals surface area contributed by atoms with Gasteiger partial charge in [0.15, 0.2) is 0 Å². The molecule has 6 nitrogen and oxygen atoms in total. The number of amides is 2. The molecule has 108 valence electrons. The summed E-state index contributed by atoms with van der Waals surface area (Å²) in [5.74, 6) is -0.468. The highest BCUT2D eigenvalue weighted by Gasteiger charge is 2.29. The Morgan fingerprint density at radius 2 is 2.16 bits per heavy atom. The van der Waals surface area contributed by atoms with E-state index in [2.05, 4.69) is 5.32 Å². The molecule has 0 aliphatic carbocycles. The van der Waals surface area contributed by atoms with Crippen molar-refractivity contribution < 1.29 is 14.3 Å². The first-order valence-corrected chi connectivity index (χ1v) is 7.07. The molecule has 2 aliphatic rings. The van der Waals surface area contributed by atoms with Crippen molar-refractivity contribution in [1.29, 1.82) is 0 Å². The van der Waals surface area contributed by atoms with Gasteiger partial charge in [0.1, 0.15) is 0 Å². The SMILES string of the molecule is NC(=O)CN(C(=O)CC1CCCCO1)C1CCNC1. The summed E-state index contributed by atoms with van der Waals surface area (Å²) in [4.78, 5) is 25.1. The summed E-state index contributed by atoms with van der Waals surface area (Å²) < 4.78 is 5.59. The Balaban J connectivity index is 1.91. The number of carbonyl (C=O) groups excluding carboxylic acids is 2. The van der Waals surface area contributed by atoms with Gasteiger partial charge in [-0.3, -0.25) is 9.59 Å². The van der Waals surface area contributed by atoms with Crippen molar-refractivity contribution in [3.63, 3.8) is 0 Å². The molecule has 2 atom stereocenters. The first-order valence-electron chi connectivity index (χ1n) is 7.07. The third-order valence-corrected chi connectivity index (χ3v) is 3.80. The highest BCUT2D eigenvalue weighted by atomic mass is 16.5. The van der Waals surface area contributed by atoms with E-state index in [0.717, 1.165) is 45.4 Å². The van der Waals surface area contributed by atoms with E-state index in [4.69, 9.17) is 10.5 Å². The van der Waals surface area contributed by atoms with Gasteiger partial charge in [0.25, 0.3) is 0 Å². The summed E-state index contributed by atoms with van der Waals surface area (Å²) in [5.41, 5.74) is 5.25. The first kappa shape index (κ1) is 14.3. The number of rotatable bonds is 5. The van der Waals surface area contributed by atoms with E-state index in [1.54, 1.807) is 4.90 Å². The van der Waals surface area contributed by atoms with Crippen molar-refractivity contribution in [2.75, 3.05) is 26.2 Å². The maximum atomic E-state index is 12.3. The molecule has 19 heavy (non-hydrogen) atoms. The number of nitrogens with two attached hydrogens (primary N) is 1. The maximum absolute atomic E-state index is 12.3. The predicted molar refractivity (Wildman–Crippen MR) is 70.4 cm³/mol. The second-order valence-electron chi connectivity index (χ2n) is 5.33. The smallest absolute Gasteiger partial charge is 0.237 e. The Morgan fingerprint density at radius 1 is 1.32 bits per heavy atom. The van der Waals surface area contributed by atoms with E-state index in [0.29, 0.717) is 6.42 Å². The number of nitrogens with one attached hydrogen (secondary N) is 1. The monoisotopic (exact) mass is 269 g/mol. The van der Waals surface area contributed by atoms with E-state index in [1.165, 1.54) is 0 Å². The third kappa shape index (κ3) is 4.18. The van der Waals surface area contributed by atoms with Gasteiger partial charge < -0.3 is 20.7 Å². The Bertz CT molecular complexity index is 323. The zero-order valence-electron chi connectivity index (χ0n) is 11.3. The number of ether oxygens (including phenoxy) is 1. The fourth-order valence-corrected chi connectivity index (χ4v) is 2.77. The average Bonchev–Trinajstić information content (AvgIpc) is 2.90. The lowest BCUT2D eigenvalue weighted by atomic mass is 10.0. The minimum atomic E-state index is -0.454. The molecule has 0 saturated carbocycles. The van der Waals surface area contributed by atoms with Crippen LogP contribution in [0.15, 0.2) is 0 Å². The molecule has 2 saturated heterocycles. The molecule has 0 aromatic carbocycles. The van der Waals surface area contributed by atoms with Gasteiger partial charge in [-0.15, -0.1) is 0 Å².